The van der Waals surface area contributed by atoms with Gasteiger partial charge in [-0.15, -0.1) is 12.4 Å². The number of hydrogen-bond donors (Lipinski definition) is 1. The minimum absolute atomic E-state index is 0. The molecular formula is C13H17Cl2F3N2O2S. The van der Waals surface area contributed by atoms with Crippen LogP contribution in [0, 0.1) is 5.92 Å². The Hall–Kier alpha value is -0.540. The Morgan fingerprint density at radius 2 is 2.00 bits per heavy atom. The minimum atomic E-state index is -4.63. The first-order valence-corrected chi connectivity index (χ1v) is 8.47. The lowest BCUT2D eigenvalue weighted by Gasteiger charge is -2.19. The second-order valence-electron chi connectivity index (χ2n) is 5.41. The van der Waals surface area contributed by atoms with E-state index in [0.29, 0.717) is 12.5 Å². The smallest absolute Gasteiger partial charge is 0.328 e. The number of alkyl halides is 3. The lowest BCUT2D eigenvalue weighted by Crippen LogP contribution is -2.33. The van der Waals surface area contributed by atoms with Gasteiger partial charge in [-0.3, -0.25) is 0 Å². The molecular weight excluding hydrogens is 376 g/mol. The zero-order chi connectivity index (χ0) is 16.7. The Balaban J connectivity index is 0.00000264. The van der Waals surface area contributed by atoms with Gasteiger partial charge in [0.15, 0.2) is 0 Å². The van der Waals surface area contributed by atoms with Gasteiger partial charge in [0.2, 0.25) is 10.0 Å². The molecule has 23 heavy (non-hydrogen) atoms. The molecule has 2 N–H and O–H groups in total. The standard InChI is InChI=1S/C13H16ClF3N2O2S.ClH/c1-8(18)9-4-5-19(7-9)22(20,21)12-6-10(13(15,16)17)2-3-11(12)14;/h2-3,6,8-9H,4-5,7,18H2,1H3;1H. The molecule has 0 spiro atoms. The van der Waals surface area contributed by atoms with Crippen molar-refractivity contribution in [3.05, 3.63) is 28.8 Å². The zero-order valence-electron chi connectivity index (χ0n) is 12.2. The number of benzene rings is 1. The average Bonchev–Trinajstić information content (AvgIpc) is 2.87. The summed E-state index contributed by atoms with van der Waals surface area (Å²) in [6.45, 7) is 2.19. The molecule has 10 heteroatoms. The van der Waals surface area contributed by atoms with Crippen LogP contribution in [0.5, 0.6) is 0 Å². The quantitative estimate of drug-likeness (QED) is 0.858. The molecule has 0 bridgehead atoms. The Labute approximate surface area is 144 Å². The maximum atomic E-state index is 12.8. The van der Waals surface area contributed by atoms with E-state index in [4.69, 9.17) is 17.3 Å². The summed E-state index contributed by atoms with van der Waals surface area (Å²) in [6.07, 6.45) is -4.05. The molecule has 0 radical (unpaired) electrons. The molecule has 1 aromatic carbocycles. The van der Waals surface area contributed by atoms with Gasteiger partial charge in [0, 0.05) is 19.1 Å². The van der Waals surface area contributed by atoms with Crippen LogP contribution in [0.1, 0.15) is 18.9 Å². The van der Waals surface area contributed by atoms with Crippen LogP contribution in [-0.4, -0.2) is 31.9 Å². The number of nitrogens with zero attached hydrogens (tertiary/aromatic N) is 1. The molecule has 2 rings (SSSR count). The highest BCUT2D eigenvalue weighted by Crippen LogP contribution is 2.35. The molecule has 0 aliphatic carbocycles. The van der Waals surface area contributed by atoms with E-state index in [-0.39, 0.29) is 42.5 Å². The molecule has 4 nitrogen and oxygen atoms in total. The summed E-state index contributed by atoms with van der Waals surface area (Å²) >= 11 is 5.81. The van der Waals surface area contributed by atoms with E-state index in [2.05, 4.69) is 0 Å². The lowest BCUT2D eigenvalue weighted by atomic mass is 10.0. The first kappa shape index (κ1) is 20.5. The van der Waals surface area contributed by atoms with Crippen LogP contribution in [0.2, 0.25) is 5.02 Å². The van der Waals surface area contributed by atoms with Gasteiger partial charge in [-0.2, -0.15) is 17.5 Å². The second kappa shape index (κ2) is 7.14. The third-order valence-corrected chi connectivity index (χ3v) is 6.15. The highest BCUT2D eigenvalue weighted by molar-refractivity contribution is 7.89. The lowest BCUT2D eigenvalue weighted by molar-refractivity contribution is -0.137. The van der Waals surface area contributed by atoms with Crippen molar-refractivity contribution < 1.29 is 21.6 Å². The van der Waals surface area contributed by atoms with Crippen molar-refractivity contribution in [1.29, 1.82) is 0 Å². The molecule has 2 unspecified atom stereocenters. The Kier molecular flexibility index (Phi) is 6.37. The van der Waals surface area contributed by atoms with E-state index in [1.807, 2.05) is 0 Å². The summed E-state index contributed by atoms with van der Waals surface area (Å²) in [4.78, 5) is -0.519. The van der Waals surface area contributed by atoms with Gasteiger partial charge in [0.1, 0.15) is 4.90 Å². The zero-order valence-corrected chi connectivity index (χ0v) is 14.6. The summed E-state index contributed by atoms with van der Waals surface area (Å²) < 4.78 is 64.5. The fraction of sp³-hybridized carbons (Fsp3) is 0.538. The predicted octanol–water partition coefficient (Wildman–Crippen LogP) is 3.14. The van der Waals surface area contributed by atoms with Crippen LogP contribution in [-0.2, 0) is 16.2 Å². The first-order chi connectivity index (χ1) is 10.0. The Morgan fingerprint density at radius 1 is 1.39 bits per heavy atom. The second-order valence-corrected chi connectivity index (χ2v) is 7.73. The fourth-order valence-corrected chi connectivity index (χ4v) is 4.43. The van der Waals surface area contributed by atoms with Gasteiger partial charge in [-0.1, -0.05) is 11.6 Å². The topological polar surface area (TPSA) is 63.4 Å². The van der Waals surface area contributed by atoms with Crippen LogP contribution >= 0.6 is 24.0 Å². The van der Waals surface area contributed by atoms with Gasteiger partial charge in [0.05, 0.1) is 10.6 Å². The van der Waals surface area contributed by atoms with E-state index in [0.717, 1.165) is 16.4 Å². The number of halogens is 5. The summed E-state index contributed by atoms with van der Waals surface area (Å²) in [5.41, 5.74) is 4.71. The molecule has 0 aromatic heterocycles. The van der Waals surface area contributed by atoms with Crippen LogP contribution in [0.15, 0.2) is 23.1 Å². The monoisotopic (exact) mass is 392 g/mol. The Bertz CT molecular complexity index is 666. The van der Waals surface area contributed by atoms with Crippen molar-refractivity contribution in [3.63, 3.8) is 0 Å². The van der Waals surface area contributed by atoms with Crippen molar-refractivity contribution in [3.8, 4) is 0 Å². The third kappa shape index (κ3) is 4.30. The highest BCUT2D eigenvalue weighted by Gasteiger charge is 2.37. The third-order valence-electron chi connectivity index (χ3n) is 3.81. The average molecular weight is 393 g/mol. The van der Waals surface area contributed by atoms with Crippen molar-refractivity contribution in [1.82, 2.24) is 4.31 Å². The van der Waals surface area contributed by atoms with Gasteiger partial charge >= 0.3 is 6.18 Å². The van der Waals surface area contributed by atoms with Crippen molar-refractivity contribution in [2.45, 2.75) is 30.5 Å². The molecule has 2 atom stereocenters. The summed E-state index contributed by atoms with van der Waals surface area (Å²) in [6, 6.07) is 2.11. The van der Waals surface area contributed by atoms with E-state index in [9.17, 15) is 21.6 Å². The van der Waals surface area contributed by atoms with Crippen molar-refractivity contribution in [2.75, 3.05) is 13.1 Å². The normalized spacial score (nSPS) is 21.0. The van der Waals surface area contributed by atoms with Crippen LogP contribution in [0.4, 0.5) is 13.2 Å². The molecule has 1 saturated heterocycles. The van der Waals surface area contributed by atoms with E-state index >= 15 is 0 Å². The first-order valence-electron chi connectivity index (χ1n) is 6.66. The molecule has 0 amide bonds. The summed E-state index contributed by atoms with van der Waals surface area (Å²) in [7, 11) is -4.07. The van der Waals surface area contributed by atoms with Crippen molar-refractivity contribution >= 4 is 34.0 Å². The molecule has 132 valence electrons. The molecule has 0 saturated carbocycles. The predicted molar refractivity (Wildman–Crippen MR) is 84.2 cm³/mol. The number of hydrogen-bond acceptors (Lipinski definition) is 3. The number of rotatable bonds is 3. The fourth-order valence-electron chi connectivity index (χ4n) is 2.42. The number of sulfonamides is 1. The van der Waals surface area contributed by atoms with Gasteiger partial charge in [-0.05, 0) is 37.5 Å². The molecule has 1 aromatic rings. The molecule has 1 aliphatic heterocycles. The van der Waals surface area contributed by atoms with Gasteiger partial charge in [0.25, 0.3) is 0 Å². The molecule has 1 aliphatic rings. The van der Waals surface area contributed by atoms with Gasteiger partial charge < -0.3 is 5.73 Å². The molecule has 1 heterocycles. The number of nitrogens with two attached hydrogens (primary N) is 1. The van der Waals surface area contributed by atoms with Crippen LogP contribution < -0.4 is 5.73 Å². The summed E-state index contributed by atoms with van der Waals surface area (Å²) in [5, 5.41) is -0.225. The SMILES string of the molecule is CC(N)C1CCN(S(=O)(=O)c2cc(C(F)(F)F)ccc2Cl)C1.Cl. The highest BCUT2D eigenvalue weighted by atomic mass is 35.5. The van der Waals surface area contributed by atoms with E-state index in [1.54, 1.807) is 6.92 Å². The maximum Gasteiger partial charge on any atom is 0.416 e. The van der Waals surface area contributed by atoms with Crippen LogP contribution in [0.25, 0.3) is 0 Å². The van der Waals surface area contributed by atoms with E-state index in [1.165, 1.54) is 0 Å². The maximum absolute atomic E-state index is 12.8. The summed E-state index contributed by atoms with van der Waals surface area (Å²) in [5.74, 6) is -0.0145. The molecule has 1 fully saturated rings. The Morgan fingerprint density at radius 3 is 2.48 bits per heavy atom. The minimum Gasteiger partial charge on any atom is -0.328 e. The van der Waals surface area contributed by atoms with Crippen LogP contribution in [0.3, 0.4) is 0 Å². The van der Waals surface area contributed by atoms with Crippen molar-refractivity contribution in [2.24, 2.45) is 11.7 Å². The van der Waals surface area contributed by atoms with Gasteiger partial charge in [-0.25, -0.2) is 8.42 Å². The van der Waals surface area contributed by atoms with E-state index < -0.39 is 26.7 Å². The largest absolute Gasteiger partial charge is 0.416 e.